The van der Waals surface area contributed by atoms with E-state index in [4.69, 9.17) is 14.6 Å². The molecule has 0 aliphatic rings. The van der Waals surface area contributed by atoms with Crippen LogP contribution in [0.5, 0.6) is 11.5 Å². The molecular formula is C25H24N4O3. The Kier molecular flexibility index (Phi) is 6.17. The lowest BCUT2D eigenvalue weighted by atomic mass is 10.1. The second kappa shape index (κ2) is 9.34. The highest BCUT2D eigenvalue weighted by Gasteiger charge is 2.20. The van der Waals surface area contributed by atoms with Gasteiger partial charge in [0, 0.05) is 30.6 Å². The maximum Gasteiger partial charge on any atom is 0.270 e. The third-order valence-corrected chi connectivity index (χ3v) is 5.08. The van der Waals surface area contributed by atoms with Crippen LogP contribution in [0.3, 0.4) is 0 Å². The molecule has 4 rings (SSSR count). The molecule has 0 atom stereocenters. The number of aryl methyl sites for hydroxylation is 1. The Bertz CT molecular complexity index is 1220. The van der Waals surface area contributed by atoms with Crippen molar-refractivity contribution in [2.24, 2.45) is 0 Å². The number of hydrogen-bond acceptors (Lipinski definition) is 5. The molecule has 1 N–H and O–H groups in total. The van der Waals surface area contributed by atoms with Crippen molar-refractivity contribution in [3.63, 3.8) is 0 Å². The van der Waals surface area contributed by atoms with Gasteiger partial charge in [-0.15, -0.1) is 0 Å². The average molecular weight is 428 g/mol. The molecule has 0 saturated carbocycles. The van der Waals surface area contributed by atoms with Crippen LogP contribution in [0.2, 0.25) is 0 Å². The van der Waals surface area contributed by atoms with E-state index in [1.54, 1.807) is 43.4 Å². The largest absolute Gasteiger partial charge is 0.497 e. The second-order valence-electron chi connectivity index (χ2n) is 7.27. The van der Waals surface area contributed by atoms with Crippen molar-refractivity contribution in [1.82, 2.24) is 20.1 Å². The average Bonchev–Trinajstić information content (AvgIpc) is 3.28. The minimum atomic E-state index is -0.236. The van der Waals surface area contributed by atoms with Gasteiger partial charge in [0.25, 0.3) is 5.91 Å². The molecule has 7 nitrogen and oxygen atoms in total. The van der Waals surface area contributed by atoms with E-state index >= 15 is 0 Å². The summed E-state index contributed by atoms with van der Waals surface area (Å²) in [6, 6.07) is 18.9. The topological polar surface area (TPSA) is 78.3 Å². The minimum Gasteiger partial charge on any atom is -0.497 e. The zero-order valence-electron chi connectivity index (χ0n) is 18.2. The third-order valence-electron chi connectivity index (χ3n) is 5.08. The highest BCUT2D eigenvalue weighted by atomic mass is 16.5. The van der Waals surface area contributed by atoms with Crippen LogP contribution in [0, 0.1) is 6.92 Å². The number of aromatic nitrogens is 3. The van der Waals surface area contributed by atoms with E-state index in [1.807, 2.05) is 55.5 Å². The molecule has 7 heteroatoms. The molecule has 0 radical (unpaired) electrons. The molecule has 4 aromatic rings. The van der Waals surface area contributed by atoms with Crippen LogP contribution in [0.25, 0.3) is 16.9 Å². The highest BCUT2D eigenvalue weighted by molar-refractivity contribution is 5.94. The fourth-order valence-corrected chi connectivity index (χ4v) is 3.34. The van der Waals surface area contributed by atoms with Gasteiger partial charge >= 0.3 is 0 Å². The number of pyridine rings is 1. The summed E-state index contributed by atoms with van der Waals surface area (Å²) in [6.07, 6.45) is 3.43. The van der Waals surface area contributed by atoms with Crippen LogP contribution in [-0.4, -0.2) is 34.9 Å². The fraction of sp³-hybridized carbons (Fsp3) is 0.160. The summed E-state index contributed by atoms with van der Waals surface area (Å²) >= 11 is 0. The van der Waals surface area contributed by atoms with E-state index in [0.29, 0.717) is 29.4 Å². The Morgan fingerprint density at radius 2 is 1.84 bits per heavy atom. The summed E-state index contributed by atoms with van der Waals surface area (Å²) < 4.78 is 12.5. The summed E-state index contributed by atoms with van der Waals surface area (Å²) in [7, 11) is 3.20. The molecule has 0 fully saturated rings. The molecule has 2 aromatic heterocycles. The monoisotopic (exact) mass is 428 g/mol. The lowest BCUT2D eigenvalue weighted by molar-refractivity contribution is 0.0943. The number of nitrogens with one attached hydrogen (secondary N) is 1. The van der Waals surface area contributed by atoms with E-state index in [1.165, 1.54) is 0 Å². The summed E-state index contributed by atoms with van der Waals surface area (Å²) in [4.78, 5) is 17.2. The van der Waals surface area contributed by atoms with E-state index in [2.05, 4.69) is 10.3 Å². The maximum atomic E-state index is 13.1. The lowest BCUT2D eigenvalue weighted by Crippen LogP contribution is -2.25. The smallest absolute Gasteiger partial charge is 0.270 e. The molecule has 0 aliphatic carbocycles. The Balaban J connectivity index is 1.73. The van der Waals surface area contributed by atoms with Gasteiger partial charge in [-0.2, -0.15) is 5.10 Å². The fourth-order valence-electron chi connectivity index (χ4n) is 3.34. The SMILES string of the molecule is COc1ccc(-c2cc(C(=O)NCc3cccnc3)n(-c3ccc(C)cc3)n2)c(OC)c1. The van der Waals surface area contributed by atoms with Crippen molar-refractivity contribution in [3.8, 4) is 28.4 Å². The first kappa shape index (κ1) is 21.1. The molecule has 0 aliphatic heterocycles. The summed E-state index contributed by atoms with van der Waals surface area (Å²) in [5, 5.41) is 7.70. The number of carbonyl (C=O) groups is 1. The zero-order valence-corrected chi connectivity index (χ0v) is 18.2. The molecule has 162 valence electrons. The van der Waals surface area contributed by atoms with Crippen molar-refractivity contribution < 1.29 is 14.3 Å². The lowest BCUT2D eigenvalue weighted by Gasteiger charge is -2.09. The van der Waals surface area contributed by atoms with Gasteiger partial charge in [-0.3, -0.25) is 9.78 Å². The molecule has 0 spiro atoms. The Morgan fingerprint density at radius 1 is 1.03 bits per heavy atom. The molecule has 1 amide bonds. The molecule has 0 unspecified atom stereocenters. The second-order valence-corrected chi connectivity index (χ2v) is 7.27. The van der Waals surface area contributed by atoms with Gasteiger partial charge in [-0.05, 0) is 48.9 Å². The predicted molar refractivity (Wildman–Crippen MR) is 122 cm³/mol. The number of rotatable bonds is 7. The number of methoxy groups -OCH3 is 2. The van der Waals surface area contributed by atoms with Crippen LogP contribution in [0.1, 0.15) is 21.6 Å². The molecule has 2 heterocycles. The Morgan fingerprint density at radius 3 is 2.53 bits per heavy atom. The molecule has 2 aromatic carbocycles. The van der Waals surface area contributed by atoms with E-state index in [9.17, 15) is 4.79 Å². The predicted octanol–water partition coefficient (Wildman–Crippen LogP) is 4.19. The standard InChI is InChI=1S/C25H24N4O3/c1-17-6-8-19(9-7-17)29-23(25(30)27-16-18-5-4-12-26-15-18)14-22(28-29)21-11-10-20(31-2)13-24(21)32-3/h4-15H,16H2,1-3H3,(H,27,30). The first-order valence-corrected chi connectivity index (χ1v) is 10.2. The Hall–Kier alpha value is -4.13. The number of benzene rings is 2. The third kappa shape index (κ3) is 4.46. The maximum absolute atomic E-state index is 13.1. The van der Waals surface area contributed by atoms with Crippen molar-refractivity contribution >= 4 is 5.91 Å². The summed E-state index contributed by atoms with van der Waals surface area (Å²) in [5.74, 6) is 1.05. The van der Waals surface area contributed by atoms with Crippen LogP contribution in [0.15, 0.2) is 73.1 Å². The van der Waals surface area contributed by atoms with Crippen LogP contribution < -0.4 is 14.8 Å². The number of carbonyl (C=O) groups excluding carboxylic acids is 1. The van der Waals surface area contributed by atoms with Gasteiger partial charge in [-0.1, -0.05) is 23.8 Å². The van der Waals surface area contributed by atoms with E-state index < -0.39 is 0 Å². The van der Waals surface area contributed by atoms with Gasteiger partial charge in [0.1, 0.15) is 17.2 Å². The quantitative estimate of drug-likeness (QED) is 0.478. The summed E-state index contributed by atoms with van der Waals surface area (Å²) in [6.45, 7) is 2.38. The number of nitrogens with zero attached hydrogens (tertiary/aromatic N) is 3. The van der Waals surface area contributed by atoms with E-state index in [-0.39, 0.29) is 5.91 Å². The zero-order chi connectivity index (χ0) is 22.5. The number of hydrogen-bond donors (Lipinski definition) is 1. The first-order valence-electron chi connectivity index (χ1n) is 10.2. The number of ether oxygens (including phenoxy) is 2. The van der Waals surface area contributed by atoms with Gasteiger partial charge in [0.05, 0.1) is 25.6 Å². The number of amides is 1. The van der Waals surface area contributed by atoms with E-state index in [0.717, 1.165) is 22.4 Å². The molecular weight excluding hydrogens is 404 g/mol. The normalized spacial score (nSPS) is 10.6. The molecule has 0 bridgehead atoms. The van der Waals surface area contributed by atoms with Gasteiger partial charge in [0.15, 0.2) is 0 Å². The van der Waals surface area contributed by atoms with Crippen molar-refractivity contribution in [2.75, 3.05) is 14.2 Å². The molecule has 32 heavy (non-hydrogen) atoms. The van der Waals surface area contributed by atoms with Gasteiger partial charge in [-0.25, -0.2) is 4.68 Å². The van der Waals surface area contributed by atoms with Gasteiger partial charge in [0.2, 0.25) is 0 Å². The molecule has 0 saturated heterocycles. The highest BCUT2D eigenvalue weighted by Crippen LogP contribution is 2.33. The van der Waals surface area contributed by atoms with Crippen LogP contribution in [-0.2, 0) is 6.54 Å². The first-order chi connectivity index (χ1) is 15.6. The minimum absolute atomic E-state index is 0.236. The van der Waals surface area contributed by atoms with Crippen LogP contribution >= 0.6 is 0 Å². The van der Waals surface area contributed by atoms with Crippen molar-refractivity contribution in [1.29, 1.82) is 0 Å². The van der Waals surface area contributed by atoms with Crippen molar-refractivity contribution in [3.05, 3.63) is 89.9 Å². The summed E-state index contributed by atoms with van der Waals surface area (Å²) in [5.41, 5.74) is 4.64. The van der Waals surface area contributed by atoms with Gasteiger partial charge < -0.3 is 14.8 Å². The Labute approximate surface area is 186 Å². The van der Waals surface area contributed by atoms with Crippen LogP contribution in [0.4, 0.5) is 0 Å². The van der Waals surface area contributed by atoms with Crippen molar-refractivity contribution in [2.45, 2.75) is 13.5 Å².